The molecule has 0 fully saturated rings. The minimum atomic E-state index is 0. The molecule has 0 spiro atoms. The summed E-state index contributed by atoms with van der Waals surface area (Å²) < 4.78 is 12.0. The Morgan fingerprint density at radius 3 is 2.17 bits per heavy atom. The number of hydrogen-bond acceptors (Lipinski definition) is 3. The van der Waals surface area contributed by atoms with Crippen LogP contribution < -0.4 is 9.47 Å². The number of aromatic nitrogens is 1. The molecular weight excluding hydrogens is 538 g/mol. The van der Waals surface area contributed by atoms with Gasteiger partial charge in [-0.2, -0.15) is 0 Å². The van der Waals surface area contributed by atoms with Gasteiger partial charge >= 0.3 is 0 Å². The van der Waals surface area contributed by atoms with Crippen molar-refractivity contribution in [3.05, 3.63) is 66.9 Å². The van der Waals surface area contributed by atoms with Gasteiger partial charge in [0, 0.05) is 26.3 Å². The molecule has 0 aliphatic rings. The van der Waals surface area contributed by atoms with Crippen molar-refractivity contribution in [3.8, 4) is 33.9 Å². The van der Waals surface area contributed by atoms with Crippen LogP contribution >= 0.6 is 0 Å². The number of benzene rings is 2. The van der Waals surface area contributed by atoms with Gasteiger partial charge in [-0.3, -0.25) is 0 Å². The largest absolute Gasteiger partial charge is 0.489 e. The van der Waals surface area contributed by atoms with E-state index in [0.717, 1.165) is 33.9 Å². The van der Waals surface area contributed by atoms with Gasteiger partial charge in [-0.25, -0.2) is 0 Å². The third-order valence-electron chi connectivity index (χ3n) is 4.16. The molecule has 0 amide bonds. The van der Waals surface area contributed by atoms with Crippen molar-refractivity contribution >= 4 is 0 Å². The first kappa shape index (κ1) is 23.1. The number of pyridine rings is 1. The van der Waals surface area contributed by atoms with E-state index in [0.29, 0.717) is 25.0 Å². The Morgan fingerprint density at radius 2 is 1.52 bits per heavy atom. The molecular formula is C25H28IrNO2-. The van der Waals surface area contributed by atoms with Gasteiger partial charge in [0.25, 0.3) is 0 Å². The molecule has 29 heavy (non-hydrogen) atoms. The molecule has 3 aromatic rings. The van der Waals surface area contributed by atoms with Crippen molar-refractivity contribution in [1.29, 1.82) is 0 Å². The summed E-state index contributed by atoms with van der Waals surface area (Å²) in [5, 5.41) is 0. The van der Waals surface area contributed by atoms with E-state index in [9.17, 15) is 0 Å². The van der Waals surface area contributed by atoms with E-state index in [-0.39, 0.29) is 20.1 Å². The summed E-state index contributed by atoms with van der Waals surface area (Å²) in [5.41, 5.74) is 4.08. The molecule has 0 aliphatic heterocycles. The molecule has 3 nitrogen and oxygen atoms in total. The zero-order chi connectivity index (χ0) is 19.9. The number of hydrogen-bond donors (Lipinski definition) is 0. The van der Waals surface area contributed by atoms with Crippen LogP contribution in [-0.2, 0) is 20.1 Å². The smallest absolute Gasteiger partial charge is 0.161 e. The second kappa shape index (κ2) is 11.1. The minimum Gasteiger partial charge on any atom is -0.489 e. The Balaban J connectivity index is 0.00000300. The summed E-state index contributed by atoms with van der Waals surface area (Å²) >= 11 is 0. The van der Waals surface area contributed by atoms with Crippen LogP contribution in [0.4, 0.5) is 0 Å². The maximum absolute atomic E-state index is 6.06. The number of ether oxygens (including phenoxy) is 2. The monoisotopic (exact) mass is 567 g/mol. The van der Waals surface area contributed by atoms with Crippen LogP contribution in [0.5, 0.6) is 11.5 Å². The summed E-state index contributed by atoms with van der Waals surface area (Å²) in [6.07, 6.45) is 1.80. The normalized spacial score (nSPS) is 10.7. The average Bonchev–Trinajstić information content (AvgIpc) is 2.71. The Hall–Kier alpha value is -2.16. The van der Waals surface area contributed by atoms with Crippen molar-refractivity contribution in [2.24, 2.45) is 11.8 Å². The standard InChI is InChI=1S/C25H28NO2.Ir/c1-18(2)16-27-24-12-11-21(15-25(24)28-17-19(3)4)20-8-7-9-22(14-20)23-10-5-6-13-26-23;/h5-8,10-15,18-19H,16-17H2,1-4H3;/q-1;. The fourth-order valence-electron chi connectivity index (χ4n) is 2.75. The predicted octanol–water partition coefficient (Wildman–Crippen LogP) is 6.28. The fraction of sp³-hybridized carbons (Fsp3) is 0.320. The molecule has 3 rings (SSSR count). The van der Waals surface area contributed by atoms with E-state index in [1.165, 1.54) is 0 Å². The summed E-state index contributed by atoms with van der Waals surface area (Å²) in [5.74, 6) is 2.50. The first-order valence-corrected chi connectivity index (χ1v) is 9.86. The van der Waals surface area contributed by atoms with Crippen molar-refractivity contribution in [2.45, 2.75) is 27.7 Å². The van der Waals surface area contributed by atoms with Crippen LogP contribution in [0.15, 0.2) is 60.8 Å². The maximum Gasteiger partial charge on any atom is 0.161 e. The average molecular weight is 567 g/mol. The summed E-state index contributed by atoms with van der Waals surface area (Å²) in [7, 11) is 0. The van der Waals surface area contributed by atoms with Gasteiger partial charge in [0.05, 0.1) is 13.2 Å². The predicted molar refractivity (Wildman–Crippen MR) is 115 cm³/mol. The van der Waals surface area contributed by atoms with E-state index in [4.69, 9.17) is 9.47 Å². The van der Waals surface area contributed by atoms with Crippen molar-refractivity contribution in [3.63, 3.8) is 0 Å². The number of rotatable bonds is 8. The van der Waals surface area contributed by atoms with Crippen LogP contribution in [-0.4, -0.2) is 18.2 Å². The molecule has 1 radical (unpaired) electrons. The van der Waals surface area contributed by atoms with Crippen LogP contribution in [0.3, 0.4) is 0 Å². The zero-order valence-corrected chi connectivity index (χ0v) is 19.8. The third-order valence-corrected chi connectivity index (χ3v) is 4.16. The van der Waals surface area contributed by atoms with Gasteiger partial charge in [-0.05, 0) is 41.3 Å². The minimum absolute atomic E-state index is 0. The third kappa shape index (κ3) is 6.69. The van der Waals surface area contributed by atoms with Gasteiger partial charge in [0.2, 0.25) is 0 Å². The summed E-state index contributed by atoms with van der Waals surface area (Å²) in [4.78, 5) is 4.43. The summed E-state index contributed by atoms with van der Waals surface area (Å²) in [6, 6.07) is 21.4. The van der Waals surface area contributed by atoms with Gasteiger partial charge in [-0.1, -0.05) is 45.9 Å². The topological polar surface area (TPSA) is 31.4 Å². The molecule has 0 unspecified atom stereocenters. The first-order chi connectivity index (χ1) is 13.5. The molecule has 0 N–H and O–H groups in total. The van der Waals surface area contributed by atoms with Crippen molar-refractivity contribution in [2.75, 3.05) is 13.2 Å². The molecule has 0 aliphatic carbocycles. The molecule has 1 aromatic heterocycles. The fourth-order valence-corrected chi connectivity index (χ4v) is 2.75. The van der Waals surface area contributed by atoms with Crippen molar-refractivity contribution < 1.29 is 29.6 Å². The Morgan fingerprint density at radius 1 is 0.828 bits per heavy atom. The van der Waals surface area contributed by atoms with Gasteiger partial charge < -0.3 is 14.5 Å². The molecule has 0 atom stereocenters. The molecule has 155 valence electrons. The van der Waals surface area contributed by atoms with Gasteiger partial charge in [-0.15, -0.1) is 35.4 Å². The molecule has 0 saturated carbocycles. The van der Waals surface area contributed by atoms with Gasteiger partial charge in [0.1, 0.15) is 0 Å². The number of nitrogens with zero attached hydrogens (tertiary/aromatic N) is 1. The molecule has 4 heteroatoms. The van der Waals surface area contributed by atoms with Crippen LogP contribution in [0.25, 0.3) is 22.4 Å². The Bertz CT molecular complexity index is 894. The van der Waals surface area contributed by atoms with E-state index in [1.807, 2.05) is 30.3 Å². The SMILES string of the molecule is CC(C)COc1ccc(-c2cc[c-]c(-c3ccccn3)c2)cc1OCC(C)C.[Ir]. The maximum atomic E-state index is 6.06. The summed E-state index contributed by atoms with van der Waals surface area (Å²) in [6.45, 7) is 9.89. The van der Waals surface area contributed by atoms with Gasteiger partial charge in [0.15, 0.2) is 11.5 Å². The Labute approximate surface area is 187 Å². The molecule has 2 aromatic carbocycles. The van der Waals surface area contributed by atoms with E-state index in [1.54, 1.807) is 6.20 Å². The zero-order valence-electron chi connectivity index (χ0n) is 17.4. The first-order valence-electron chi connectivity index (χ1n) is 9.86. The molecule has 0 bridgehead atoms. The van der Waals surface area contributed by atoms with Crippen LogP contribution in [0.2, 0.25) is 0 Å². The van der Waals surface area contributed by atoms with Crippen LogP contribution in [0.1, 0.15) is 27.7 Å². The quantitative estimate of drug-likeness (QED) is 0.301. The van der Waals surface area contributed by atoms with E-state index in [2.05, 4.69) is 63.0 Å². The van der Waals surface area contributed by atoms with E-state index < -0.39 is 0 Å². The second-order valence-corrected chi connectivity index (χ2v) is 7.78. The molecule has 0 saturated heterocycles. The van der Waals surface area contributed by atoms with Crippen molar-refractivity contribution in [1.82, 2.24) is 4.98 Å². The Kier molecular flexibility index (Phi) is 8.88. The molecule has 1 heterocycles. The second-order valence-electron chi connectivity index (χ2n) is 7.78. The van der Waals surface area contributed by atoms with Crippen LogP contribution in [0, 0.1) is 17.9 Å². The van der Waals surface area contributed by atoms with E-state index >= 15 is 0 Å².